The van der Waals surface area contributed by atoms with E-state index in [4.69, 9.17) is 5.84 Å². The summed E-state index contributed by atoms with van der Waals surface area (Å²) in [5.74, 6) is 6.12. The first-order valence-corrected chi connectivity index (χ1v) is 5.03. The summed E-state index contributed by atoms with van der Waals surface area (Å²) < 4.78 is 0.921. The van der Waals surface area contributed by atoms with Gasteiger partial charge in [0.1, 0.15) is 6.33 Å². The van der Waals surface area contributed by atoms with Crippen LogP contribution in [0, 0.1) is 5.92 Å². The summed E-state index contributed by atoms with van der Waals surface area (Å²) in [4.78, 5) is 8.12. The van der Waals surface area contributed by atoms with Crippen molar-refractivity contribution >= 4 is 15.9 Å². The Morgan fingerprint density at radius 2 is 2.38 bits per heavy atom. The summed E-state index contributed by atoms with van der Waals surface area (Å²) >= 11 is 3.41. The molecule has 1 unspecified atom stereocenters. The Morgan fingerprint density at radius 3 is 2.92 bits per heavy atom. The van der Waals surface area contributed by atoms with Crippen molar-refractivity contribution < 1.29 is 0 Å². The molecule has 1 aliphatic rings. The zero-order valence-electron chi connectivity index (χ0n) is 7.07. The highest BCUT2D eigenvalue weighted by atomic mass is 79.9. The van der Waals surface area contributed by atoms with Crippen LogP contribution in [0.4, 0.5) is 0 Å². The van der Waals surface area contributed by atoms with Crippen molar-refractivity contribution in [3.63, 3.8) is 0 Å². The average molecular weight is 243 g/mol. The minimum atomic E-state index is 0.164. The Morgan fingerprint density at radius 1 is 1.62 bits per heavy atom. The number of hydrazine groups is 1. The number of halogens is 1. The van der Waals surface area contributed by atoms with Gasteiger partial charge in [0.15, 0.2) is 0 Å². The first-order valence-electron chi connectivity index (χ1n) is 4.24. The molecule has 13 heavy (non-hydrogen) atoms. The van der Waals surface area contributed by atoms with Gasteiger partial charge in [-0.2, -0.15) is 0 Å². The second-order valence-electron chi connectivity index (χ2n) is 3.24. The van der Waals surface area contributed by atoms with Crippen LogP contribution in [-0.2, 0) is 0 Å². The van der Waals surface area contributed by atoms with Crippen molar-refractivity contribution in [2.24, 2.45) is 11.8 Å². The van der Waals surface area contributed by atoms with Crippen LogP contribution in [0.1, 0.15) is 24.6 Å². The average Bonchev–Trinajstić information content (AvgIpc) is 2.93. The van der Waals surface area contributed by atoms with Crippen LogP contribution in [0.5, 0.6) is 0 Å². The third kappa shape index (κ3) is 1.87. The van der Waals surface area contributed by atoms with E-state index in [1.807, 2.05) is 0 Å². The molecule has 1 heterocycles. The highest BCUT2D eigenvalue weighted by molar-refractivity contribution is 9.10. The molecule has 0 aliphatic heterocycles. The van der Waals surface area contributed by atoms with Gasteiger partial charge in [0.2, 0.25) is 0 Å². The van der Waals surface area contributed by atoms with E-state index in [0.717, 1.165) is 10.2 Å². The van der Waals surface area contributed by atoms with Gasteiger partial charge in [-0.25, -0.2) is 9.97 Å². The largest absolute Gasteiger partial charge is 0.271 e. The van der Waals surface area contributed by atoms with Crippen LogP contribution in [0.2, 0.25) is 0 Å². The van der Waals surface area contributed by atoms with Gasteiger partial charge < -0.3 is 0 Å². The van der Waals surface area contributed by atoms with Crippen molar-refractivity contribution in [1.29, 1.82) is 0 Å². The van der Waals surface area contributed by atoms with E-state index in [9.17, 15) is 0 Å². The van der Waals surface area contributed by atoms with Gasteiger partial charge in [0, 0.05) is 6.20 Å². The van der Waals surface area contributed by atoms with Gasteiger partial charge >= 0.3 is 0 Å². The number of rotatable bonds is 3. The SMILES string of the molecule is NNC(c1ncncc1Br)C1CC1. The minimum absolute atomic E-state index is 0.164. The second-order valence-corrected chi connectivity index (χ2v) is 4.09. The molecule has 1 aliphatic carbocycles. The van der Waals surface area contributed by atoms with E-state index < -0.39 is 0 Å². The number of hydrogen-bond donors (Lipinski definition) is 2. The molecule has 0 amide bonds. The van der Waals surface area contributed by atoms with Crippen LogP contribution in [0.15, 0.2) is 17.0 Å². The number of nitrogens with zero attached hydrogens (tertiary/aromatic N) is 2. The molecule has 1 fully saturated rings. The van der Waals surface area contributed by atoms with Crippen molar-refractivity contribution in [2.75, 3.05) is 0 Å². The summed E-state index contributed by atoms with van der Waals surface area (Å²) in [6.07, 6.45) is 5.75. The summed E-state index contributed by atoms with van der Waals surface area (Å²) in [6, 6.07) is 0.164. The minimum Gasteiger partial charge on any atom is -0.271 e. The quantitative estimate of drug-likeness (QED) is 0.617. The summed E-state index contributed by atoms with van der Waals surface area (Å²) in [5, 5.41) is 0. The predicted molar refractivity (Wildman–Crippen MR) is 52.5 cm³/mol. The molecule has 0 bridgehead atoms. The number of aromatic nitrogens is 2. The van der Waals surface area contributed by atoms with E-state index in [0.29, 0.717) is 5.92 Å². The maximum atomic E-state index is 5.48. The van der Waals surface area contributed by atoms with Crippen molar-refractivity contribution in [3.8, 4) is 0 Å². The fourth-order valence-electron chi connectivity index (χ4n) is 1.42. The predicted octanol–water partition coefficient (Wildman–Crippen LogP) is 1.15. The molecule has 1 saturated carbocycles. The number of hydrogen-bond acceptors (Lipinski definition) is 4. The summed E-state index contributed by atoms with van der Waals surface area (Å²) in [5.41, 5.74) is 3.76. The molecule has 0 radical (unpaired) electrons. The Labute approximate surface area is 85.1 Å². The highest BCUT2D eigenvalue weighted by Crippen LogP contribution is 2.41. The van der Waals surface area contributed by atoms with Crippen LogP contribution >= 0.6 is 15.9 Å². The lowest BCUT2D eigenvalue weighted by atomic mass is 10.1. The lowest BCUT2D eigenvalue weighted by Crippen LogP contribution is -2.30. The molecular weight excluding hydrogens is 232 g/mol. The van der Waals surface area contributed by atoms with Gasteiger partial charge in [-0.05, 0) is 34.7 Å². The Hall–Kier alpha value is -0.520. The lowest BCUT2D eigenvalue weighted by molar-refractivity contribution is 0.482. The lowest BCUT2D eigenvalue weighted by Gasteiger charge is -2.14. The molecule has 1 atom stereocenters. The van der Waals surface area contributed by atoms with Gasteiger partial charge in [-0.15, -0.1) is 0 Å². The zero-order valence-corrected chi connectivity index (χ0v) is 8.66. The Kier molecular flexibility index (Phi) is 2.57. The summed E-state index contributed by atoms with van der Waals surface area (Å²) in [7, 11) is 0. The molecule has 70 valence electrons. The molecule has 2 rings (SSSR count). The fourth-order valence-corrected chi connectivity index (χ4v) is 1.89. The monoisotopic (exact) mass is 242 g/mol. The van der Waals surface area contributed by atoms with E-state index in [2.05, 4.69) is 31.3 Å². The highest BCUT2D eigenvalue weighted by Gasteiger charge is 2.33. The molecule has 5 heteroatoms. The maximum absolute atomic E-state index is 5.48. The van der Waals surface area contributed by atoms with E-state index in [-0.39, 0.29) is 6.04 Å². The normalized spacial score (nSPS) is 18.6. The first kappa shape index (κ1) is 9.05. The molecule has 4 nitrogen and oxygen atoms in total. The molecule has 1 aromatic rings. The van der Waals surface area contributed by atoms with E-state index in [1.54, 1.807) is 12.5 Å². The van der Waals surface area contributed by atoms with E-state index >= 15 is 0 Å². The fraction of sp³-hybridized carbons (Fsp3) is 0.500. The van der Waals surface area contributed by atoms with Crippen molar-refractivity contribution in [2.45, 2.75) is 18.9 Å². The zero-order chi connectivity index (χ0) is 9.26. The third-order valence-corrected chi connectivity index (χ3v) is 2.87. The Balaban J connectivity index is 2.26. The first-order chi connectivity index (χ1) is 6.33. The maximum Gasteiger partial charge on any atom is 0.115 e. The van der Waals surface area contributed by atoms with Crippen LogP contribution in [0.25, 0.3) is 0 Å². The van der Waals surface area contributed by atoms with Crippen molar-refractivity contribution in [1.82, 2.24) is 15.4 Å². The number of nitrogens with two attached hydrogens (primary N) is 1. The van der Waals surface area contributed by atoms with Gasteiger partial charge in [-0.1, -0.05) is 0 Å². The smallest absolute Gasteiger partial charge is 0.115 e. The standard InChI is InChI=1S/C8H11BrN4/c9-6-3-11-4-12-8(6)7(13-10)5-1-2-5/h3-5,7,13H,1-2,10H2. The Bertz CT molecular complexity index is 300. The topological polar surface area (TPSA) is 63.8 Å². The third-order valence-electron chi connectivity index (χ3n) is 2.26. The molecule has 0 saturated heterocycles. The number of nitrogens with one attached hydrogen (secondary N) is 1. The second kappa shape index (κ2) is 3.69. The molecule has 3 N–H and O–H groups in total. The molecular formula is C8H11BrN4. The van der Waals surface area contributed by atoms with Crippen molar-refractivity contribution in [3.05, 3.63) is 22.7 Å². The molecule has 0 aromatic carbocycles. The van der Waals surface area contributed by atoms with Crippen LogP contribution in [0.3, 0.4) is 0 Å². The van der Waals surface area contributed by atoms with Gasteiger partial charge in [0.05, 0.1) is 16.2 Å². The van der Waals surface area contributed by atoms with E-state index in [1.165, 1.54) is 12.8 Å². The van der Waals surface area contributed by atoms with Crippen LogP contribution < -0.4 is 11.3 Å². The van der Waals surface area contributed by atoms with Gasteiger partial charge in [0.25, 0.3) is 0 Å². The molecule has 0 spiro atoms. The summed E-state index contributed by atoms with van der Waals surface area (Å²) in [6.45, 7) is 0. The van der Waals surface area contributed by atoms with Gasteiger partial charge in [-0.3, -0.25) is 11.3 Å². The van der Waals surface area contributed by atoms with Crippen LogP contribution in [-0.4, -0.2) is 9.97 Å². The molecule has 1 aromatic heterocycles.